The molecule has 1 amide bonds. The molecule has 2 fully saturated rings. The molecule has 1 aliphatic carbocycles. The molecule has 1 saturated heterocycles. The summed E-state index contributed by atoms with van der Waals surface area (Å²) in [5.74, 6) is 0.564. The molecule has 8 nitrogen and oxygen atoms in total. The average Bonchev–Trinajstić information content (AvgIpc) is 2.77. The van der Waals surface area contributed by atoms with E-state index in [0.29, 0.717) is 42.6 Å². The summed E-state index contributed by atoms with van der Waals surface area (Å²) in [4.78, 5) is 19.1. The quantitative estimate of drug-likeness (QED) is 0.669. The molecule has 32 heavy (non-hydrogen) atoms. The van der Waals surface area contributed by atoms with Crippen molar-refractivity contribution < 1.29 is 22.7 Å². The van der Waals surface area contributed by atoms with E-state index in [4.69, 9.17) is 9.47 Å². The van der Waals surface area contributed by atoms with Crippen molar-refractivity contribution in [2.24, 2.45) is 4.40 Å². The van der Waals surface area contributed by atoms with Gasteiger partial charge in [0.05, 0.1) is 17.1 Å². The van der Waals surface area contributed by atoms with E-state index in [-0.39, 0.29) is 18.6 Å². The van der Waals surface area contributed by atoms with Crippen LogP contribution in [0.25, 0.3) is 0 Å². The molecule has 0 radical (unpaired) electrons. The van der Waals surface area contributed by atoms with Crippen LogP contribution in [0.5, 0.6) is 5.88 Å². The molecule has 1 aromatic rings. The molecule has 0 unspecified atom stereocenters. The molecule has 4 aliphatic rings. The average molecular weight is 462 g/mol. The number of allylic oxidation sites excluding steroid dienone is 1. The van der Waals surface area contributed by atoms with Crippen LogP contribution in [0.4, 0.5) is 0 Å². The van der Waals surface area contributed by atoms with Crippen molar-refractivity contribution in [1.82, 2.24) is 9.88 Å². The van der Waals surface area contributed by atoms with Gasteiger partial charge in [-0.3, -0.25) is 4.79 Å². The number of aryl methyl sites for hydroxylation is 1. The van der Waals surface area contributed by atoms with E-state index in [1.807, 2.05) is 6.07 Å². The van der Waals surface area contributed by atoms with Gasteiger partial charge in [-0.1, -0.05) is 0 Å². The Morgan fingerprint density at radius 2 is 1.97 bits per heavy atom. The molecule has 1 saturated carbocycles. The lowest BCUT2D eigenvalue weighted by atomic mass is 9.81. The highest BCUT2D eigenvalue weighted by molar-refractivity contribution is 7.90. The monoisotopic (exact) mass is 461 g/mol. The molecular formula is C23H31N3O5S. The maximum absolute atomic E-state index is 13.1. The van der Waals surface area contributed by atoms with E-state index in [1.165, 1.54) is 4.90 Å². The van der Waals surface area contributed by atoms with E-state index in [1.54, 1.807) is 26.3 Å². The number of aromatic nitrogens is 1. The minimum Gasteiger partial charge on any atom is -0.496 e. The Morgan fingerprint density at radius 1 is 1.22 bits per heavy atom. The summed E-state index contributed by atoms with van der Waals surface area (Å²) in [5.41, 5.74) is 2.99. The molecule has 0 aromatic carbocycles. The molecule has 5 rings (SSSR count). The largest absolute Gasteiger partial charge is 0.496 e. The summed E-state index contributed by atoms with van der Waals surface area (Å²) < 4.78 is 41.1. The Labute approximate surface area is 189 Å². The van der Waals surface area contributed by atoms with Crippen LogP contribution < -0.4 is 4.74 Å². The van der Waals surface area contributed by atoms with Gasteiger partial charge in [0.1, 0.15) is 12.0 Å². The summed E-state index contributed by atoms with van der Waals surface area (Å²) in [6.45, 7) is 5.52. The first-order valence-corrected chi connectivity index (χ1v) is 12.8. The number of hydrogen-bond donors (Lipinski definition) is 0. The van der Waals surface area contributed by atoms with E-state index >= 15 is 0 Å². The summed E-state index contributed by atoms with van der Waals surface area (Å²) in [5, 5.41) is -0.637. The Kier molecular flexibility index (Phi) is 6.55. The van der Waals surface area contributed by atoms with Crippen LogP contribution in [0.2, 0.25) is 0 Å². The number of hydrogen-bond acceptors (Lipinski definition) is 6. The smallest absolute Gasteiger partial charge is 0.265 e. The fraction of sp³-hybridized carbons (Fsp3) is 0.609. The summed E-state index contributed by atoms with van der Waals surface area (Å²) in [7, 11) is -3.67. The molecule has 0 spiro atoms. The van der Waals surface area contributed by atoms with Gasteiger partial charge >= 0.3 is 0 Å². The molecule has 3 aliphatic heterocycles. The van der Waals surface area contributed by atoms with Crippen molar-refractivity contribution in [1.29, 1.82) is 0 Å². The Morgan fingerprint density at radius 3 is 2.69 bits per heavy atom. The van der Waals surface area contributed by atoms with Crippen molar-refractivity contribution >= 4 is 21.6 Å². The van der Waals surface area contributed by atoms with Crippen molar-refractivity contribution in [3.63, 3.8) is 0 Å². The normalized spacial score (nSPS) is 27.2. The second kappa shape index (κ2) is 9.21. The Balaban J connectivity index is 1.72. The lowest BCUT2D eigenvalue weighted by Gasteiger charge is -2.31. The van der Waals surface area contributed by atoms with E-state index in [2.05, 4.69) is 16.3 Å². The van der Waals surface area contributed by atoms with E-state index in [9.17, 15) is 13.2 Å². The standard InChI is InChI=1S/C23H31N3O5S/c1-15(2)32(28,29)25-19-5-4-12-26-20(19)13-30-18-8-6-17(7-9-18)22-16(3)10-11-24-23(22)31-14-21(26)27/h10-11,13,15,17-18H,4-9,12,14H2,1-3H3/b20-13-,25-19+. The van der Waals surface area contributed by atoms with Crippen LogP contribution in [0.3, 0.4) is 0 Å². The zero-order valence-corrected chi connectivity index (χ0v) is 19.7. The fourth-order valence-electron chi connectivity index (χ4n) is 4.56. The van der Waals surface area contributed by atoms with Gasteiger partial charge < -0.3 is 14.4 Å². The van der Waals surface area contributed by atoms with Crippen molar-refractivity contribution in [3.8, 4) is 5.88 Å². The number of carbonyl (C=O) groups excluding carboxylic acids is 1. The number of carbonyl (C=O) groups is 1. The van der Waals surface area contributed by atoms with Gasteiger partial charge in [0.2, 0.25) is 5.88 Å². The highest BCUT2D eigenvalue weighted by Gasteiger charge is 2.32. The molecule has 174 valence electrons. The van der Waals surface area contributed by atoms with Gasteiger partial charge in [0.15, 0.2) is 6.61 Å². The number of fused-ring (bicyclic) bond motifs is 5. The zero-order valence-electron chi connectivity index (χ0n) is 18.9. The van der Waals surface area contributed by atoms with Crippen molar-refractivity contribution in [2.45, 2.75) is 76.6 Å². The third kappa shape index (κ3) is 4.67. The molecule has 0 N–H and O–H groups in total. The summed E-state index contributed by atoms with van der Waals surface area (Å²) in [6, 6.07) is 1.98. The summed E-state index contributed by atoms with van der Waals surface area (Å²) >= 11 is 0. The number of piperidine rings is 1. The third-order valence-corrected chi connectivity index (χ3v) is 8.14. The van der Waals surface area contributed by atoms with Crippen LogP contribution in [-0.4, -0.2) is 54.4 Å². The fourth-order valence-corrected chi connectivity index (χ4v) is 5.27. The number of sulfonamides is 1. The molecule has 9 heteroatoms. The number of rotatable bonds is 2. The highest BCUT2D eigenvalue weighted by Crippen LogP contribution is 2.39. The maximum Gasteiger partial charge on any atom is 0.265 e. The first-order chi connectivity index (χ1) is 15.3. The predicted molar refractivity (Wildman–Crippen MR) is 121 cm³/mol. The third-order valence-electron chi connectivity index (χ3n) is 6.47. The second-order valence-corrected chi connectivity index (χ2v) is 11.2. The maximum atomic E-state index is 13.1. The Hall–Kier alpha value is -2.42. The van der Waals surface area contributed by atoms with Gasteiger partial charge in [-0.2, -0.15) is 4.40 Å². The molecule has 4 heterocycles. The van der Waals surface area contributed by atoms with Gasteiger partial charge in [-0.05, 0) is 76.8 Å². The van der Waals surface area contributed by atoms with Crippen LogP contribution >= 0.6 is 0 Å². The number of nitrogens with zero attached hydrogens (tertiary/aromatic N) is 3. The number of pyridine rings is 1. The summed E-state index contributed by atoms with van der Waals surface area (Å²) in [6.07, 6.45) is 7.98. The van der Waals surface area contributed by atoms with Crippen molar-refractivity contribution in [3.05, 3.63) is 35.3 Å². The van der Waals surface area contributed by atoms with E-state index < -0.39 is 15.3 Å². The second-order valence-electron chi connectivity index (χ2n) is 9.00. The van der Waals surface area contributed by atoms with Crippen LogP contribution in [0.1, 0.15) is 69.4 Å². The topological polar surface area (TPSA) is 98.2 Å². The lowest BCUT2D eigenvalue weighted by molar-refractivity contribution is -0.131. The van der Waals surface area contributed by atoms with Crippen LogP contribution in [-0.2, 0) is 19.6 Å². The zero-order chi connectivity index (χ0) is 22.9. The Bertz CT molecular complexity index is 1040. The first-order valence-electron chi connectivity index (χ1n) is 11.3. The SMILES string of the molecule is Cc1ccnc2c1C1CCC(CC1)O/C=C1/C(=N/S(=O)(=O)C(C)C)CCCN1C(=O)CO2. The number of ether oxygens (including phenoxy) is 2. The molecule has 1 aromatic heterocycles. The van der Waals surface area contributed by atoms with Gasteiger partial charge in [-0.15, -0.1) is 0 Å². The minimum atomic E-state index is -3.67. The van der Waals surface area contributed by atoms with Gasteiger partial charge in [-0.25, -0.2) is 13.4 Å². The van der Waals surface area contributed by atoms with Crippen molar-refractivity contribution in [2.75, 3.05) is 13.2 Å². The van der Waals surface area contributed by atoms with E-state index in [0.717, 1.165) is 36.8 Å². The first kappa shape index (κ1) is 22.8. The van der Waals surface area contributed by atoms with Gasteiger partial charge in [0.25, 0.3) is 15.9 Å². The lowest BCUT2D eigenvalue weighted by Crippen LogP contribution is -2.41. The molecule has 2 bridgehead atoms. The molecular weight excluding hydrogens is 430 g/mol. The minimum absolute atomic E-state index is 0.0164. The highest BCUT2D eigenvalue weighted by atomic mass is 32.2. The van der Waals surface area contributed by atoms with Crippen LogP contribution in [0, 0.1) is 6.92 Å². The number of amides is 1. The predicted octanol–water partition coefficient (Wildman–Crippen LogP) is 3.47. The van der Waals surface area contributed by atoms with Gasteiger partial charge in [0, 0.05) is 18.3 Å². The van der Waals surface area contributed by atoms with Crippen LogP contribution in [0.15, 0.2) is 28.6 Å². The molecule has 0 atom stereocenters.